The van der Waals surface area contributed by atoms with Crippen LogP contribution in [0, 0.1) is 11.6 Å². The molecule has 1 atom stereocenters. The lowest BCUT2D eigenvalue weighted by molar-refractivity contribution is -0.143. The molecule has 250 valence electrons. The van der Waals surface area contributed by atoms with Crippen LogP contribution in [0.3, 0.4) is 0 Å². The predicted molar refractivity (Wildman–Crippen MR) is 181 cm³/mol. The van der Waals surface area contributed by atoms with Crippen LogP contribution in [0.15, 0.2) is 72.4 Å². The average Bonchev–Trinajstić information content (AvgIpc) is 3.74. The maximum Gasteiger partial charge on any atom is 0.306 e. The molecule has 0 amide bonds. The van der Waals surface area contributed by atoms with Crippen LogP contribution in [-0.2, 0) is 25.8 Å². The highest BCUT2D eigenvalue weighted by Crippen LogP contribution is 2.38. The summed E-state index contributed by atoms with van der Waals surface area (Å²) < 4.78 is 67.9. The third-order valence-electron chi connectivity index (χ3n) is 8.58. The Morgan fingerprint density at radius 3 is 2.75 bits per heavy atom. The number of H-pyrrole nitrogens is 2. The van der Waals surface area contributed by atoms with Gasteiger partial charge in [-0.15, -0.1) is 0 Å². The van der Waals surface area contributed by atoms with Gasteiger partial charge in [-0.1, -0.05) is 43.5 Å². The minimum Gasteiger partial charge on any atom is -0.466 e. The van der Waals surface area contributed by atoms with Gasteiger partial charge in [0.25, 0.3) is 0 Å². The maximum absolute atomic E-state index is 15.5. The summed E-state index contributed by atoms with van der Waals surface area (Å²) in [7, 11) is -3.60. The molecule has 0 saturated heterocycles. The Morgan fingerprint density at radius 1 is 1.04 bits per heavy atom. The van der Waals surface area contributed by atoms with Crippen LogP contribution in [-0.4, -0.2) is 41.7 Å². The molecule has 0 saturated carbocycles. The summed E-state index contributed by atoms with van der Waals surface area (Å²) in [6.45, 7) is 2.12. The van der Waals surface area contributed by atoms with Gasteiger partial charge in [0.2, 0.25) is 0 Å². The molecule has 0 spiro atoms. The van der Waals surface area contributed by atoms with E-state index in [1.54, 1.807) is 25.4 Å². The normalized spacial score (nSPS) is 17.4. The number of aryl methyl sites for hydroxylation is 1. The SMILES string of the molecule is CCOC(=O)CCc1cccc(C2CCCCCCS(=O)(=O)/C=C/c3c(c(F)cc4[nH]ccc34)Oc3ccc(F)c(c3)-c3ncc2[nH]3)c1. The first-order valence-corrected chi connectivity index (χ1v) is 17.9. The van der Waals surface area contributed by atoms with Gasteiger partial charge >= 0.3 is 5.97 Å². The fourth-order valence-corrected chi connectivity index (χ4v) is 7.24. The Labute approximate surface area is 278 Å². The number of carbonyl (C=O) groups excluding carboxylic acids is 1. The first-order chi connectivity index (χ1) is 23.2. The van der Waals surface area contributed by atoms with Crippen LogP contribution < -0.4 is 4.74 Å². The molecule has 48 heavy (non-hydrogen) atoms. The smallest absolute Gasteiger partial charge is 0.306 e. The highest BCUT2D eigenvalue weighted by Gasteiger charge is 2.21. The zero-order chi connectivity index (χ0) is 33.7. The zero-order valence-electron chi connectivity index (χ0n) is 26.6. The molecule has 1 aliphatic heterocycles. The van der Waals surface area contributed by atoms with Crippen LogP contribution in [0.25, 0.3) is 28.4 Å². The average molecular weight is 674 g/mol. The summed E-state index contributed by atoms with van der Waals surface area (Å²) in [5.41, 5.74) is 3.68. The van der Waals surface area contributed by atoms with Crippen molar-refractivity contribution in [1.29, 1.82) is 0 Å². The quantitative estimate of drug-likeness (QED) is 0.181. The van der Waals surface area contributed by atoms with Gasteiger partial charge in [0.15, 0.2) is 21.4 Å². The second-order valence-corrected chi connectivity index (χ2v) is 14.0. The highest BCUT2D eigenvalue weighted by molar-refractivity contribution is 7.94. The Morgan fingerprint density at radius 2 is 1.90 bits per heavy atom. The number of ether oxygens (including phenoxy) is 2. The van der Waals surface area contributed by atoms with Crippen molar-refractivity contribution in [3.8, 4) is 22.9 Å². The molecule has 2 N–H and O–H groups in total. The number of nitrogens with one attached hydrogen (secondary N) is 2. The lowest BCUT2D eigenvalue weighted by Crippen LogP contribution is -2.06. The number of nitrogens with zero attached hydrogens (tertiary/aromatic N) is 1. The number of halogens is 2. The van der Waals surface area contributed by atoms with Crippen LogP contribution in [0.4, 0.5) is 8.78 Å². The van der Waals surface area contributed by atoms with E-state index in [1.807, 2.05) is 18.2 Å². The summed E-state index contributed by atoms with van der Waals surface area (Å²) in [5, 5.41) is 1.69. The fraction of sp³-hybridized carbons (Fsp3) is 0.297. The Hall–Kier alpha value is -4.77. The van der Waals surface area contributed by atoms with Gasteiger partial charge in [-0.05, 0) is 67.7 Å². The Kier molecular flexibility index (Phi) is 10.0. The van der Waals surface area contributed by atoms with Crippen molar-refractivity contribution in [2.75, 3.05) is 12.4 Å². The number of aromatic nitrogens is 3. The molecular formula is C37H37F2N3O5S. The maximum atomic E-state index is 15.5. The van der Waals surface area contributed by atoms with Gasteiger partial charge in [0, 0.05) is 58.4 Å². The van der Waals surface area contributed by atoms with E-state index in [4.69, 9.17) is 9.47 Å². The van der Waals surface area contributed by atoms with Crippen LogP contribution in [0.2, 0.25) is 0 Å². The van der Waals surface area contributed by atoms with Crippen LogP contribution in [0.5, 0.6) is 11.5 Å². The molecule has 8 nitrogen and oxygen atoms in total. The van der Waals surface area contributed by atoms with Crippen molar-refractivity contribution >= 4 is 32.8 Å². The molecule has 3 heterocycles. The topological polar surface area (TPSA) is 114 Å². The Bertz CT molecular complexity index is 2070. The Balaban J connectivity index is 1.38. The lowest BCUT2D eigenvalue weighted by atomic mass is 9.89. The molecule has 11 heteroatoms. The van der Waals surface area contributed by atoms with Crippen molar-refractivity contribution < 1.29 is 31.5 Å². The van der Waals surface area contributed by atoms with E-state index in [2.05, 4.69) is 21.0 Å². The predicted octanol–water partition coefficient (Wildman–Crippen LogP) is 8.61. The van der Waals surface area contributed by atoms with Gasteiger partial charge in [0.1, 0.15) is 17.4 Å². The van der Waals surface area contributed by atoms with Gasteiger partial charge in [-0.3, -0.25) is 4.79 Å². The summed E-state index contributed by atoms with van der Waals surface area (Å²) in [6, 6.07) is 15.1. The molecule has 4 bridgehead atoms. The van der Waals surface area contributed by atoms with Gasteiger partial charge < -0.3 is 19.4 Å². The molecule has 6 rings (SSSR count). The number of esters is 1. The zero-order valence-corrected chi connectivity index (χ0v) is 27.4. The highest BCUT2D eigenvalue weighted by atomic mass is 32.2. The van der Waals surface area contributed by atoms with Crippen molar-refractivity contribution in [3.63, 3.8) is 0 Å². The fourth-order valence-electron chi connectivity index (χ4n) is 6.16. The standard InChI is InChI=1S/C37H37F2N3O5S/c1-2-46-35(43)14-11-24-8-7-9-25(20-24)27-10-5-3-4-6-18-48(44,45)19-16-29-28-15-17-40-33(28)22-32(39)36(29)47-26-12-13-31(38)30(21-26)37-41-23-34(27)42-37/h7-9,12-13,15-17,19-23,27,40H,2-6,10-11,14,18H2,1H3,(H,41,42)/b19-16+. The number of imidazole rings is 1. The summed E-state index contributed by atoms with van der Waals surface area (Å²) in [5.74, 6) is -1.38. The molecule has 1 unspecified atom stereocenters. The van der Waals surface area contributed by atoms with Gasteiger partial charge in [-0.2, -0.15) is 0 Å². The number of rotatable bonds is 5. The second-order valence-electron chi connectivity index (χ2n) is 11.9. The number of hydrogen-bond acceptors (Lipinski definition) is 6. The third kappa shape index (κ3) is 7.68. The first kappa shape index (κ1) is 33.1. The van der Waals surface area contributed by atoms with E-state index in [-0.39, 0.29) is 46.7 Å². The number of hydrogen-bond donors (Lipinski definition) is 2. The molecule has 5 aromatic rings. The number of aromatic amines is 2. The van der Waals surface area contributed by atoms with Crippen LogP contribution in [0.1, 0.15) is 73.8 Å². The molecule has 0 fully saturated rings. The molecule has 0 radical (unpaired) electrons. The summed E-state index contributed by atoms with van der Waals surface area (Å²) >= 11 is 0. The third-order valence-corrected chi connectivity index (χ3v) is 9.98. The minimum atomic E-state index is -3.60. The number of carbonyl (C=O) groups is 1. The molecule has 2 aromatic heterocycles. The van der Waals surface area contributed by atoms with Crippen molar-refractivity contribution in [1.82, 2.24) is 15.0 Å². The van der Waals surface area contributed by atoms with E-state index in [0.717, 1.165) is 41.5 Å². The first-order valence-electron chi connectivity index (χ1n) is 16.2. The molecule has 3 aromatic carbocycles. The van der Waals surface area contributed by atoms with Gasteiger partial charge in [0.05, 0.1) is 17.9 Å². The van der Waals surface area contributed by atoms with Crippen molar-refractivity contribution in [2.24, 2.45) is 0 Å². The van der Waals surface area contributed by atoms with Crippen molar-refractivity contribution in [3.05, 3.63) is 106 Å². The lowest BCUT2D eigenvalue weighted by Gasteiger charge is -2.17. The minimum absolute atomic E-state index is 0.0392. The van der Waals surface area contributed by atoms with E-state index < -0.39 is 21.5 Å². The van der Waals surface area contributed by atoms with E-state index in [1.165, 1.54) is 30.3 Å². The van der Waals surface area contributed by atoms with E-state index in [9.17, 15) is 13.2 Å². The number of fused-ring (bicyclic) bond motifs is 8. The molecule has 0 aliphatic carbocycles. The number of sulfone groups is 1. The molecule has 1 aliphatic rings. The largest absolute Gasteiger partial charge is 0.466 e. The number of benzene rings is 3. The molecular weight excluding hydrogens is 636 g/mol. The summed E-state index contributed by atoms with van der Waals surface area (Å²) in [6.07, 6.45) is 9.07. The van der Waals surface area contributed by atoms with E-state index >= 15 is 8.78 Å². The second kappa shape index (κ2) is 14.6. The van der Waals surface area contributed by atoms with Crippen molar-refractivity contribution in [2.45, 2.75) is 57.8 Å². The van der Waals surface area contributed by atoms with Gasteiger partial charge in [-0.25, -0.2) is 22.2 Å². The van der Waals surface area contributed by atoms with Crippen LogP contribution >= 0.6 is 0 Å². The monoisotopic (exact) mass is 673 g/mol. The summed E-state index contributed by atoms with van der Waals surface area (Å²) in [4.78, 5) is 22.8. The van der Waals surface area contributed by atoms with E-state index in [0.29, 0.717) is 42.6 Å².